The van der Waals surface area contributed by atoms with E-state index in [1.54, 1.807) is 0 Å². The Morgan fingerprint density at radius 2 is 1.88 bits per heavy atom. The third kappa shape index (κ3) is 10.3. The number of hydrogen-bond donors (Lipinski definition) is 1. The molecule has 0 spiro atoms. The van der Waals surface area contributed by atoms with E-state index in [1.165, 1.54) is 10.6 Å². The van der Waals surface area contributed by atoms with Crippen molar-refractivity contribution >= 4 is 40.0 Å². The van der Waals surface area contributed by atoms with E-state index in [9.17, 15) is 8.42 Å². The van der Waals surface area contributed by atoms with Gasteiger partial charge in [0.25, 0.3) is 0 Å². The van der Waals surface area contributed by atoms with Crippen molar-refractivity contribution < 1.29 is 13.2 Å². The Bertz CT molecular complexity index is 496. The van der Waals surface area contributed by atoms with Crippen LogP contribution in [0.15, 0.2) is 4.99 Å². The van der Waals surface area contributed by atoms with E-state index in [0.717, 1.165) is 63.9 Å². The van der Waals surface area contributed by atoms with Crippen LogP contribution in [0, 0.1) is 5.92 Å². The molecule has 1 rings (SSSR count). The lowest BCUT2D eigenvalue weighted by molar-refractivity contribution is 0.0625. The first kappa shape index (κ1) is 25.9. The summed E-state index contributed by atoms with van der Waals surface area (Å²) >= 11 is 0. The second-order valence-electron chi connectivity index (χ2n) is 6.61. The molecule has 0 aromatic carbocycles. The normalized spacial score (nSPS) is 16.4. The Hall–Kier alpha value is -0.130. The van der Waals surface area contributed by atoms with Crippen molar-refractivity contribution in [3.63, 3.8) is 0 Å². The number of ether oxygens (including phenoxy) is 1. The minimum absolute atomic E-state index is 0. The minimum Gasteiger partial charge on any atom is -0.381 e. The molecule has 0 saturated carbocycles. The van der Waals surface area contributed by atoms with E-state index in [1.807, 2.05) is 6.92 Å². The molecule has 1 fully saturated rings. The standard InChI is InChI=1S/C17H36N4O3S.HI/c1-5-18-17(19-11-7-12-21(6-2)25(4,22)23)20(3)13-8-16-9-14-24-15-10-16;/h16H,5-15H2,1-4H3,(H,18,19);1H. The molecule has 1 heterocycles. The average molecular weight is 504 g/mol. The largest absolute Gasteiger partial charge is 0.381 e. The molecule has 1 N–H and O–H groups in total. The summed E-state index contributed by atoms with van der Waals surface area (Å²) in [5, 5.41) is 3.32. The number of guanidine groups is 1. The van der Waals surface area contributed by atoms with Gasteiger partial charge in [0.05, 0.1) is 6.26 Å². The lowest BCUT2D eigenvalue weighted by Gasteiger charge is -2.27. The zero-order chi connectivity index (χ0) is 18.7. The number of sulfonamides is 1. The second-order valence-corrected chi connectivity index (χ2v) is 8.59. The molecule has 1 saturated heterocycles. The molecule has 156 valence electrons. The van der Waals surface area contributed by atoms with Crippen molar-refractivity contribution in [1.29, 1.82) is 0 Å². The third-order valence-electron chi connectivity index (χ3n) is 4.56. The van der Waals surface area contributed by atoms with Gasteiger partial charge in [-0.25, -0.2) is 12.7 Å². The fourth-order valence-electron chi connectivity index (χ4n) is 2.98. The smallest absolute Gasteiger partial charge is 0.211 e. The summed E-state index contributed by atoms with van der Waals surface area (Å²) in [6.45, 7) is 9.13. The van der Waals surface area contributed by atoms with E-state index in [0.29, 0.717) is 19.6 Å². The van der Waals surface area contributed by atoms with Crippen LogP contribution < -0.4 is 5.32 Å². The molecule has 0 aromatic heterocycles. The number of nitrogens with one attached hydrogen (secondary N) is 1. The van der Waals surface area contributed by atoms with Crippen LogP contribution in [0.4, 0.5) is 0 Å². The monoisotopic (exact) mass is 504 g/mol. The summed E-state index contributed by atoms with van der Waals surface area (Å²) in [5.41, 5.74) is 0. The van der Waals surface area contributed by atoms with Crippen LogP contribution in [0.2, 0.25) is 0 Å². The molecule has 1 aliphatic rings. The van der Waals surface area contributed by atoms with Gasteiger partial charge in [0.2, 0.25) is 10.0 Å². The Morgan fingerprint density at radius 3 is 2.42 bits per heavy atom. The number of hydrogen-bond acceptors (Lipinski definition) is 4. The quantitative estimate of drug-likeness (QED) is 0.213. The van der Waals surface area contributed by atoms with E-state index >= 15 is 0 Å². The number of rotatable bonds is 10. The molecule has 1 aliphatic heterocycles. The SMILES string of the molecule is CCNC(=NCCCN(CC)S(C)(=O)=O)N(C)CCC1CCOCC1.I. The summed E-state index contributed by atoms with van der Waals surface area (Å²) in [5.74, 6) is 1.64. The first-order valence-corrected chi connectivity index (χ1v) is 11.3. The van der Waals surface area contributed by atoms with Crippen molar-refractivity contribution in [2.45, 2.75) is 39.5 Å². The van der Waals surface area contributed by atoms with Gasteiger partial charge < -0.3 is 15.0 Å². The molecule has 9 heteroatoms. The first-order chi connectivity index (χ1) is 11.9. The van der Waals surface area contributed by atoms with Crippen LogP contribution in [-0.2, 0) is 14.8 Å². The average Bonchev–Trinajstić information content (AvgIpc) is 2.58. The van der Waals surface area contributed by atoms with Crippen LogP contribution in [0.5, 0.6) is 0 Å². The van der Waals surface area contributed by atoms with Crippen LogP contribution in [0.3, 0.4) is 0 Å². The molecular weight excluding hydrogens is 467 g/mol. The highest BCUT2D eigenvalue weighted by atomic mass is 127. The molecule has 0 aliphatic carbocycles. The zero-order valence-electron chi connectivity index (χ0n) is 16.7. The Labute approximate surface area is 177 Å². The summed E-state index contributed by atoms with van der Waals surface area (Å²) in [4.78, 5) is 6.82. The fourth-order valence-corrected chi connectivity index (χ4v) is 3.91. The second kappa shape index (κ2) is 14.0. The Morgan fingerprint density at radius 1 is 1.23 bits per heavy atom. The molecule has 0 atom stereocenters. The predicted molar refractivity (Wildman–Crippen MR) is 119 cm³/mol. The summed E-state index contributed by atoms with van der Waals surface area (Å²) in [6.07, 6.45) is 5.44. The summed E-state index contributed by atoms with van der Waals surface area (Å²) in [7, 11) is -1.05. The van der Waals surface area contributed by atoms with Crippen molar-refractivity contribution in [2.24, 2.45) is 10.9 Å². The van der Waals surface area contributed by atoms with Gasteiger partial charge in [-0.2, -0.15) is 0 Å². The van der Waals surface area contributed by atoms with Crippen molar-refractivity contribution in [3.05, 3.63) is 0 Å². The van der Waals surface area contributed by atoms with Gasteiger partial charge in [-0.05, 0) is 38.5 Å². The van der Waals surface area contributed by atoms with Gasteiger partial charge in [-0.15, -0.1) is 24.0 Å². The lowest BCUT2D eigenvalue weighted by Crippen LogP contribution is -2.40. The van der Waals surface area contributed by atoms with Gasteiger partial charge in [0.15, 0.2) is 5.96 Å². The highest BCUT2D eigenvalue weighted by Gasteiger charge is 2.16. The number of halogens is 1. The topological polar surface area (TPSA) is 74.2 Å². The molecular formula is C17H37IN4O3S. The fraction of sp³-hybridized carbons (Fsp3) is 0.941. The molecule has 0 unspecified atom stereocenters. The van der Waals surface area contributed by atoms with Gasteiger partial charge >= 0.3 is 0 Å². The van der Waals surface area contributed by atoms with Crippen LogP contribution in [0.1, 0.15) is 39.5 Å². The minimum atomic E-state index is -3.11. The number of aliphatic imine (C=N–C) groups is 1. The maximum atomic E-state index is 11.6. The first-order valence-electron chi connectivity index (χ1n) is 9.40. The molecule has 26 heavy (non-hydrogen) atoms. The summed E-state index contributed by atoms with van der Waals surface area (Å²) < 4.78 is 30.1. The van der Waals surface area contributed by atoms with Gasteiger partial charge in [-0.3, -0.25) is 4.99 Å². The van der Waals surface area contributed by atoms with Crippen molar-refractivity contribution in [2.75, 3.05) is 59.2 Å². The predicted octanol–water partition coefficient (Wildman–Crippen LogP) is 1.99. The van der Waals surface area contributed by atoms with E-state index in [-0.39, 0.29) is 24.0 Å². The van der Waals surface area contributed by atoms with E-state index < -0.39 is 10.0 Å². The maximum Gasteiger partial charge on any atom is 0.211 e. The van der Waals surface area contributed by atoms with Gasteiger partial charge in [0, 0.05) is 53.0 Å². The van der Waals surface area contributed by atoms with E-state index in [4.69, 9.17) is 4.74 Å². The van der Waals surface area contributed by atoms with Crippen molar-refractivity contribution in [1.82, 2.24) is 14.5 Å². The number of nitrogens with zero attached hydrogens (tertiary/aromatic N) is 3. The van der Waals surface area contributed by atoms with Crippen molar-refractivity contribution in [3.8, 4) is 0 Å². The maximum absolute atomic E-state index is 11.6. The zero-order valence-corrected chi connectivity index (χ0v) is 19.9. The molecule has 0 bridgehead atoms. The Kier molecular flexibility index (Phi) is 13.9. The molecule has 0 radical (unpaired) electrons. The molecule has 7 nitrogen and oxygen atoms in total. The lowest BCUT2D eigenvalue weighted by atomic mass is 9.96. The van der Waals surface area contributed by atoms with Crippen LogP contribution >= 0.6 is 24.0 Å². The molecule has 0 aromatic rings. The van der Waals surface area contributed by atoms with Crippen LogP contribution in [0.25, 0.3) is 0 Å². The van der Waals surface area contributed by atoms with Gasteiger partial charge in [0.1, 0.15) is 0 Å². The highest BCUT2D eigenvalue weighted by Crippen LogP contribution is 2.18. The third-order valence-corrected chi connectivity index (χ3v) is 5.94. The van der Waals surface area contributed by atoms with Crippen LogP contribution in [-0.4, -0.2) is 82.8 Å². The Balaban J connectivity index is 0.00000625. The van der Waals surface area contributed by atoms with E-state index in [2.05, 4.69) is 29.2 Å². The molecule has 0 amide bonds. The highest BCUT2D eigenvalue weighted by molar-refractivity contribution is 14.0. The summed E-state index contributed by atoms with van der Waals surface area (Å²) in [6, 6.07) is 0. The van der Waals surface area contributed by atoms with Gasteiger partial charge in [-0.1, -0.05) is 6.92 Å².